The maximum Gasteiger partial charge on any atom is 1.00 e. The van der Waals surface area contributed by atoms with E-state index in [2.05, 4.69) is 20.8 Å². The molecule has 0 aromatic rings. The molecule has 2 nitrogen and oxygen atoms in total. The minimum atomic E-state index is -1.12. The third-order valence-corrected chi connectivity index (χ3v) is 5.23. The van der Waals surface area contributed by atoms with Gasteiger partial charge in [0, 0.05) is 6.42 Å². The van der Waals surface area contributed by atoms with Crippen molar-refractivity contribution >= 4 is 15.0 Å². The van der Waals surface area contributed by atoms with Crippen LogP contribution in [0.25, 0.3) is 0 Å². The van der Waals surface area contributed by atoms with Crippen molar-refractivity contribution in [3.05, 3.63) is 0 Å². The van der Waals surface area contributed by atoms with Gasteiger partial charge in [-0.05, 0) is 17.5 Å². The zero-order valence-electron chi connectivity index (χ0n) is 11.6. The molecule has 0 bridgehead atoms. The van der Waals surface area contributed by atoms with Crippen molar-refractivity contribution in [3.8, 4) is 0 Å². The van der Waals surface area contributed by atoms with Crippen LogP contribution in [-0.4, -0.2) is 15.0 Å². The Balaban J connectivity index is 0. The zero-order chi connectivity index (χ0) is 10.6. The van der Waals surface area contributed by atoms with Gasteiger partial charge in [0.2, 0.25) is 9.04 Å². The third-order valence-electron chi connectivity index (χ3n) is 2.52. The quantitative estimate of drug-likeness (QED) is 0.633. The molecule has 15 heavy (non-hydrogen) atoms. The summed E-state index contributed by atoms with van der Waals surface area (Å²) in [6.07, 6.45) is 4.45. The molecule has 1 fully saturated rings. The fourth-order valence-electron chi connectivity index (χ4n) is 1.84. The summed E-state index contributed by atoms with van der Waals surface area (Å²) in [5.41, 5.74) is 0.0696. The summed E-state index contributed by atoms with van der Waals surface area (Å²) < 4.78 is 5.57. The van der Waals surface area contributed by atoms with Gasteiger partial charge in [0.25, 0.3) is 5.97 Å². The molecular weight excluding hydrogens is 215 g/mol. The van der Waals surface area contributed by atoms with E-state index in [4.69, 9.17) is 4.43 Å². The van der Waals surface area contributed by atoms with Gasteiger partial charge in [-0.1, -0.05) is 40.0 Å². The van der Waals surface area contributed by atoms with E-state index < -0.39 is 9.04 Å². The summed E-state index contributed by atoms with van der Waals surface area (Å²) in [4.78, 5) is 11.5. The van der Waals surface area contributed by atoms with Crippen molar-refractivity contribution in [3.63, 3.8) is 0 Å². The van der Waals surface area contributed by atoms with E-state index in [0.717, 1.165) is 0 Å². The van der Waals surface area contributed by atoms with E-state index in [1.807, 2.05) is 0 Å². The molecule has 0 N–H and O–H groups in total. The molecule has 1 rings (SSSR count). The van der Waals surface area contributed by atoms with E-state index in [9.17, 15) is 4.79 Å². The summed E-state index contributed by atoms with van der Waals surface area (Å²) in [6, 6.07) is 2.41. The SMILES string of the molecule is CC(C)(C)CC(=O)O[SiH]1CCCCC1.[H-].[Na+]. The second kappa shape index (κ2) is 7.10. The van der Waals surface area contributed by atoms with Crippen LogP contribution in [0, 0.1) is 5.41 Å². The molecule has 1 saturated heterocycles. The summed E-state index contributed by atoms with van der Waals surface area (Å²) in [5.74, 6) is 0.0380. The van der Waals surface area contributed by atoms with Crippen molar-refractivity contribution in [2.24, 2.45) is 5.41 Å². The van der Waals surface area contributed by atoms with Crippen molar-refractivity contribution in [2.75, 3.05) is 0 Å². The Morgan fingerprint density at radius 3 is 2.27 bits per heavy atom. The third kappa shape index (κ3) is 7.56. The zero-order valence-corrected chi connectivity index (χ0v) is 13.8. The van der Waals surface area contributed by atoms with E-state index in [-0.39, 0.29) is 42.4 Å². The summed E-state index contributed by atoms with van der Waals surface area (Å²) in [6.45, 7) is 6.24. The second-order valence-corrected chi connectivity index (χ2v) is 8.12. The molecule has 4 heteroatoms. The van der Waals surface area contributed by atoms with Crippen molar-refractivity contribution in [1.29, 1.82) is 0 Å². The van der Waals surface area contributed by atoms with Crippen LogP contribution in [0.4, 0.5) is 0 Å². The average Bonchev–Trinajstić information content (AvgIpc) is 2.02. The van der Waals surface area contributed by atoms with Gasteiger partial charge >= 0.3 is 29.6 Å². The molecule has 0 unspecified atom stereocenters. The standard InChI is InChI=1S/C11H22O2Si.Na.H/c1-11(2,3)9-10(12)13-14-7-5-4-6-8-14;;/h14H,4-9H2,1-3H3;;/q;+1;-1. The van der Waals surface area contributed by atoms with Gasteiger partial charge in [-0.15, -0.1) is 0 Å². The van der Waals surface area contributed by atoms with Gasteiger partial charge in [0.1, 0.15) is 0 Å². The molecule has 1 heterocycles. The normalized spacial score (nSPS) is 18.1. The van der Waals surface area contributed by atoms with Crippen LogP contribution >= 0.6 is 0 Å². The smallest absolute Gasteiger partial charge is 1.00 e. The predicted molar refractivity (Wildman–Crippen MR) is 61.9 cm³/mol. The molecule has 0 amide bonds. The summed E-state index contributed by atoms with van der Waals surface area (Å²) in [5, 5.41) is 0. The Morgan fingerprint density at radius 1 is 1.27 bits per heavy atom. The Morgan fingerprint density at radius 2 is 1.80 bits per heavy atom. The maximum absolute atomic E-state index is 11.5. The molecule has 0 saturated carbocycles. The van der Waals surface area contributed by atoms with Gasteiger partial charge in [-0.3, -0.25) is 4.79 Å². The molecule has 0 aromatic carbocycles. The first-order chi connectivity index (χ1) is 6.47. The molecule has 1 aliphatic rings. The van der Waals surface area contributed by atoms with Crippen LogP contribution in [0.1, 0.15) is 47.9 Å². The fraction of sp³-hybridized carbons (Fsp3) is 0.909. The van der Waals surface area contributed by atoms with E-state index >= 15 is 0 Å². The molecule has 0 atom stereocenters. The molecule has 0 aromatic heterocycles. The fourth-order valence-corrected chi connectivity index (χ4v) is 4.31. The monoisotopic (exact) mass is 238 g/mol. The van der Waals surface area contributed by atoms with E-state index in [1.54, 1.807) is 0 Å². The summed E-state index contributed by atoms with van der Waals surface area (Å²) >= 11 is 0. The number of rotatable bonds is 2. The Bertz CT molecular complexity index is 201. The molecule has 84 valence electrons. The molecule has 0 aliphatic carbocycles. The number of carbonyl (C=O) groups excluding carboxylic acids is 1. The van der Waals surface area contributed by atoms with Crippen LogP contribution in [0.3, 0.4) is 0 Å². The van der Waals surface area contributed by atoms with Gasteiger partial charge in [-0.25, -0.2) is 0 Å². The van der Waals surface area contributed by atoms with Crippen molar-refractivity contribution in [2.45, 2.75) is 58.5 Å². The first-order valence-electron chi connectivity index (χ1n) is 5.67. The van der Waals surface area contributed by atoms with Crippen LogP contribution in [0.5, 0.6) is 0 Å². The van der Waals surface area contributed by atoms with E-state index in [1.165, 1.54) is 31.4 Å². The predicted octanol–water partition coefficient (Wildman–Crippen LogP) is -0.0100. The van der Waals surface area contributed by atoms with Gasteiger partial charge in [0.15, 0.2) is 0 Å². The first kappa shape index (κ1) is 15.7. The molecular formula is C11H23NaO2Si. The van der Waals surface area contributed by atoms with Crippen molar-refractivity contribution in [1.82, 2.24) is 0 Å². The molecule has 0 spiro atoms. The number of hydrogen-bond donors (Lipinski definition) is 0. The Kier molecular flexibility index (Phi) is 7.42. The van der Waals surface area contributed by atoms with Crippen LogP contribution in [0.2, 0.25) is 12.1 Å². The largest absolute Gasteiger partial charge is 1.00 e. The molecule has 0 radical (unpaired) electrons. The summed E-state index contributed by atoms with van der Waals surface area (Å²) in [7, 11) is -1.12. The van der Waals surface area contributed by atoms with Crippen LogP contribution in [0.15, 0.2) is 0 Å². The average molecular weight is 238 g/mol. The second-order valence-electron chi connectivity index (χ2n) is 5.49. The van der Waals surface area contributed by atoms with Gasteiger partial charge < -0.3 is 5.85 Å². The van der Waals surface area contributed by atoms with Gasteiger partial charge in [0.05, 0.1) is 0 Å². The minimum absolute atomic E-state index is 0. The Labute approximate surface area is 119 Å². The maximum atomic E-state index is 11.5. The van der Waals surface area contributed by atoms with Crippen LogP contribution in [-0.2, 0) is 9.22 Å². The topological polar surface area (TPSA) is 26.3 Å². The first-order valence-corrected chi connectivity index (χ1v) is 7.77. The van der Waals surface area contributed by atoms with Crippen LogP contribution < -0.4 is 29.6 Å². The minimum Gasteiger partial charge on any atom is -1.00 e. The van der Waals surface area contributed by atoms with E-state index in [0.29, 0.717) is 6.42 Å². The van der Waals surface area contributed by atoms with Crippen molar-refractivity contribution < 1.29 is 40.2 Å². The van der Waals surface area contributed by atoms with Gasteiger partial charge in [-0.2, -0.15) is 0 Å². The Hall–Kier alpha value is 0.687. The number of hydrogen-bond acceptors (Lipinski definition) is 2. The molecule has 1 aliphatic heterocycles. The number of carbonyl (C=O) groups is 1.